The molecule has 25 heavy (non-hydrogen) atoms. The zero-order valence-corrected chi connectivity index (χ0v) is 15.5. The molecule has 0 saturated carbocycles. The molecular formula is C17H20FN3O2S2. The first kappa shape index (κ1) is 19.4. The van der Waals surface area contributed by atoms with E-state index in [0.29, 0.717) is 18.5 Å². The van der Waals surface area contributed by atoms with E-state index in [1.807, 2.05) is 11.6 Å². The molecule has 0 fully saturated rings. The summed E-state index contributed by atoms with van der Waals surface area (Å²) in [4.78, 5) is 28.7. The van der Waals surface area contributed by atoms with Crippen LogP contribution >= 0.6 is 23.1 Å². The van der Waals surface area contributed by atoms with Gasteiger partial charge in [0.1, 0.15) is 11.9 Å². The van der Waals surface area contributed by atoms with Crippen molar-refractivity contribution in [3.63, 3.8) is 0 Å². The van der Waals surface area contributed by atoms with Crippen LogP contribution in [-0.2, 0) is 22.6 Å². The number of rotatable bonds is 9. The summed E-state index contributed by atoms with van der Waals surface area (Å²) in [6.45, 7) is 0.331. The SMILES string of the molecule is CSCC[C@H](NC(=O)Cc1cccc(F)c1)C(=O)NCc1cscn1. The molecule has 2 aromatic rings. The fourth-order valence-electron chi connectivity index (χ4n) is 2.21. The summed E-state index contributed by atoms with van der Waals surface area (Å²) >= 11 is 3.07. The Hall–Kier alpha value is -1.93. The van der Waals surface area contributed by atoms with Crippen molar-refractivity contribution in [1.82, 2.24) is 15.6 Å². The molecule has 0 aliphatic rings. The van der Waals surface area contributed by atoms with Crippen molar-refractivity contribution in [3.05, 3.63) is 52.2 Å². The van der Waals surface area contributed by atoms with Crippen LogP contribution in [0.25, 0.3) is 0 Å². The van der Waals surface area contributed by atoms with Gasteiger partial charge in [-0.2, -0.15) is 11.8 Å². The number of halogens is 1. The summed E-state index contributed by atoms with van der Waals surface area (Å²) in [5.41, 5.74) is 3.06. The zero-order valence-electron chi connectivity index (χ0n) is 13.8. The third-order valence-electron chi connectivity index (χ3n) is 3.44. The van der Waals surface area contributed by atoms with E-state index in [1.165, 1.54) is 23.5 Å². The van der Waals surface area contributed by atoms with Crippen LogP contribution in [0.4, 0.5) is 4.39 Å². The maximum absolute atomic E-state index is 13.2. The lowest BCUT2D eigenvalue weighted by Crippen LogP contribution is -2.47. The number of hydrogen-bond donors (Lipinski definition) is 2. The van der Waals surface area contributed by atoms with Gasteiger partial charge in [0.05, 0.1) is 24.2 Å². The van der Waals surface area contributed by atoms with E-state index < -0.39 is 6.04 Å². The lowest BCUT2D eigenvalue weighted by molar-refractivity contribution is -0.128. The highest BCUT2D eigenvalue weighted by Gasteiger charge is 2.20. The van der Waals surface area contributed by atoms with Crippen LogP contribution in [-0.4, -0.2) is 34.8 Å². The zero-order chi connectivity index (χ0) is 18.1. The fraction of sp³-hybridized carbons (Fsp3) is 0.353. The minimum absolute atomic E-state index is 0.0346. The molecule has 2 rings (SSSR count). The Kier molecular flexibility index (Phi) is 7.87. The van der Waals surface area contributed by atoms with E-state index >= 15 is 0 Å². The summed E-state index contributed by atoms with van der Waals surface area (Å²) < 4.78 is 13.2. The number of carbonyl (C=O) groups is 2. The van der Waals surface area contributed by atoms with E-state index in [0.717, 1.165) is 11.4 Å². The van der Waals surface area contributed by atoms with Crippen molar-refractivity contribution in [3.8, 4) is 0 Å². The first-order valence-electron chi connectivity index (χ1n) is 7.76. The molecule has 0 unspecified atom stereocenters. The van der Waals surface area contributed by atoms with Gasteiger partial charge in [-0.25, -0.2) is 9.37 Å². The van der Waals surface area contributed by atoms with Gasteiger partial charge in [-0.05, 0) is 36.1 Å². The summed E-state index contributed by atoms with van der Waals surface area (Å²) in [6.07, 6.45) is 2.50. The van der Waals surface area contributed by atoms with Crippen LogP contribution in [0.15, 0.2) is 35.2 Å². The van der Waals surface area contributed by atoms with Crippen molar-refractivity contribution >= 4 is 34.9 Å². The molecule has 0 saturated heterocycles. The molecule has 0 aliphatic carbocycles. The molecule has 2 N–H and O–H groups in total. The Morgan fingerprint density at radius 1 is 1.40 bits per heavy atom. The number of amides is 2. The molecule has 0 aliphatic heterocycles. The average Bonchev–Trinajstić information content (AvgIpc) is 3.10. The Balaban J connectivity index is 1.91. The highest BCUT2D eigenvalue weighted by Crippen LogP contribution is 2.06. The predicted octanol–water partition coefficient (Wildman–Crippen LogP) is 2.38. The Morgan fingerprint density at radius 3 is 2.92 bits per heavy atom. The standard InChI is InChI=1S/C17H20FN3O2S2/c1-24-6-5-15(17(23)19-9-14-10-25-11-20-14)21-16(22)8-12-3-2-4-13(18)7-12/h2-4,7,10-11,15H,5-6,8-9H2,1H3,(H,19,23)(H,21,22)/t15-/m0/s1. The number of thioether (sulfide) groups is 1. The molecule has 1 aromatic carbocycles. The summed E-state index contributed by atoms with van der Waals surface area (Å²) in [5.74, 6) is -0.185. The van der Waals surface area contributed by atoms with Crippen molar-refractivity contribution in [2.24, 2.45) is 0 Å². The Labute approximate surface area is 154 Å². The number of benzene rings is 1. The van der Waals surface area contributed by atoms with Gasteiger partial charge < -0.3 is 10.6 Å². The van der Waals surface area contributed by atoms with E-state index in [9.17, 15) is 14.0 Å². The smallest absolute Gasteiger partial charge is 0.242 e. The number of nitrogens with one attached hydrogen (secondary N) is 2. The van der Waals surface area contributed by atoms with Crippen molar-refractivity contribution in [1.29, 1.82) is 0 Å². The van der Waals surface area contributed by atoms with Crippen LogP contribution in [0.2, 0.25) is 0 Å². The average molecular weight is 381 g/mol. The second kappa shape index (κ2) is 10.1. The highest BCUT2D eigenvalue weighted by molar-refractivity contribution is 7.98. The van der Waals surface area contributed by atoms with Gasteiger partial charge in [0, 0.05) is 5.38 Å². The Morgan fingerprint density at radius 2 is 2.24 bits per heavy atom. The van der Waals surface area contributed by atoms with Crippen molar-refractivity contribution in [2.75, 3.05) is 12.0 Å². The molecule has 1 aromatic heterocycles. The molecule has 8 heteroatoms. The molecule has 0 bridgehead atoms. The van der Waals surface area contributed by atoms with Crippen LogP contribution in [0.1, 0.15) is 17.7 Å². The van der Waals surface area contributed by atoms with E-state index in [2.05, 4.69) is 15.6 Å². The maximum Gasteiger partial charge on any atom is 0.242 e. The molecule has 0 radical (unpaired) electrons. The second-order valence-corrected chi connectivity index (χ2v) is 7.11. The molecule has 1 heterocycles. The van der Waals surface area contributed by atoms with Gasteiger partial charge in [0.25, 0.3) is 0 Å². The van der Waals surface area contributed by atoms with Gasteiger partial charge in [-0.1, -0.05) is 12.1 Å². The van der Waals surface area contributed by atoms with E-state index in [4.69, 9.17) is 0 Å². The quantitative estimate of drug-likeness (QED) is 0.700. The lowest BCUT2D eigenvalue weighted by atomic mass is 10.1. The second-order valence-electron chi connectivity index (χ2n) is 5.41. The topological polar surface area (TPSA) is 71.1 Å². The molecule has 0 spiro atoms. The Bertz CT molecular complexity index is 695. The molecular weight excluding hydrogens is 361 g/mol. The van der Waals surface area contributed by atoms with Crippen LogP contribution in [0.3, 0.4) is 0 Å². The third-order valence-corrected chi connectivity index (χ3v) is 4.72. The number of aromatic nitrogens is 1. The van der Waals surface area contributed by atoms with Gasteiger partial charge in [-0.15, -0.1) is 11.3 Å². The molecule has 134 valence electrons. The third kappa shape index (κ3) is 6.83. The van der Waals surface area contributed by atoms with Crippen LogP contribution in [0, 0.1) is 5.82 Å². The van der Waals surface area contributed by atoms with Gasteiger partial charge >= 0.3 is 0 Å². The van der Waals surface area contributed by atoms with Gasteiger partial charge in [0.2, 0.25) is 11.8 Å². The number of carbonyl (C=O) groups excluding carboxylic acids is 2. The minimum Gasteiger partial charge on any atom is -0.349 e. The number of hydrogen-bond acceptors (Lipinski definition) is 5. The van der Waals surface area contributed by atoms with Gasteiger partial charge in [-0.3, -0.25) is 9.59 Å². The number of nitrogens with zero attached hydrogens (tertiary/aromatic N) is 1. The molecule has 5 nitrogen and oxygen atoms in total. The van der Waals surface area contributed by atoms with Crippen LogP contribution < -0.4 is 10.6 Å². The largest absolute Gasteiger partial charge is 0.349 e. The fourth-order valence-corrected chi connectivity index (χ4v) is 3.24. The summed E-state index contributed by atoms with van der Waals surface area (Å²) in [6, 6.07) is 5.27. The lowest BCUT2D eigenvalue weighted by Gasteiger charge is -2.18. The number of thiazole rings is 1. The highest BCUT2D eigenvalue weighted by atomic mass is 32.2. The van der Waals surface area contributed by atoms with Crippen LogP contribution in [0.5, 0.6) is 0 Å². The first-order valence-corrected chi connectivity index (χ1v) is 10.1. The van der Waals surface area contributed by atoms with E-state index in [1.54, 1.807) is 29.4 Å². The first-order chi connectivity index (χ1) is 12.1. The molecule has 2 amide bonds. The van der Waals surface area contributed by atoms with E-state index in [-0.39, 0.29) is 24.1 Å². The van der Waals surface area contributed by atoms with Crippen molar-refractivity contribution in [2.45, 2.75) is 25.4 Å². The minimum atomic E-state index is -0.618. The summed E-state index contributed by atoms with van der Waals surface area (Å²) in [5, 5.41) is 7.40. The molecule has 1 atom stereocenters. The predicted molar refractivity (Wildman–Crippen MR) is 99.0 cm³/mol. The van der Waals surface area contributed by atoms with Crippen molar-refractivity contribution < 1.29 is 14.0 Å². The monoisotopic (exact) mass is 381 g/mol. The normalized spacial score (nSPS) is 11.8. The van der Waals surface area contributed by atoms with Gasteiger partial charge in [0.15, 0.2) is 0 Å². The summed E-state index contributed by atoms with van der Waals surface area (Å²) in [7, 11) is 0. The maximum atomic E-state index is 13.2.